The smallest absolute Gasteiger partial charge is 0.241 e. The molecule has 0 bridgehead atoms. The van der Waals surface area contributed by atoms with Gasteiger partial charge < -0.3 is 5.11 Å². The van der Waals surface area contributed by atoms with Crippen LogP contribution in [0.25, 0.3) is 0 Å². The fraction of sp³-hybridized carbons (Fsp3) is 0.538. The van der Waals surface area contributed by atoms with Crippen molar-refractivity contribution >= 4 is 10.0 Å². The van der Waals surface area contributed by atoms with E-state index in [9.17, 15) is 13.5 Å². The summed E-state index contributed by atoms with van der Waals surface area (Å²) < 4.78 is 22.6. The Morgan fingerprint density at radius 3 is 2.50 bits per heavy atom. The van der Waals surface area contributed by atoms with Gasteiger partial charge in [0.05, 0.1) is 0 Å². The first-order valence-electron chi connectivity index (χ1n) is 6.31. The molecule has 0 spiro atoms. The normalized spacial score (nSPS) is 17.8. The third-order valence-electron chi connectivity index (χ3n) is 3.58. The van der Waals surface area contributed by atoms with E-state index in [4.69, 9.17) is 5.14 Å². The number of hydrogen-bond donors (Lipinski definition) is 2. The summed E-state index contributed by atoms with van der Waals surface area (Å²) in [5.41, 5.74) is 0.934. The lowest BCUT2D eigenvalue weighted by atomic mass is 9.85. The van der Waals surface area contributed by atoms with Crippen LogP contribution in [0, 0.1) is 5.92 Å². The Labute approximate surface area is 108 Å². The summed E-state index contributed by atoms with van der Waals surface area (Å²) in [6, 6.07) is 4.69. The summed E-state index contributed by atoms with van der Waals surface area (Å²) in [6.45, 7) is 0. The number of benzene rings is 1. The Bertz CT molecular complexity index is 519. The van der Waals surface area contributed by atoms with Gasteiger partial charge in [-0.2, -0.15) is 0 Å². The van der Waals surface area contributed by atoms with Crippen molar-refractivity contribution in [1.29, 1.82) is 0 Å². The average molecular weight is 269 g/mol. The van der Waals surface area contributed by atoms with Gasteiger partial charge in [-0.3, -0.25) is 0 Å². The minimum absolute atomic E-state index is 0.171. The molecular weight excluding hydrogens is 250 g/mol. The Kier molecular flexibility index (Phi) is 3.92. The monoisotopic (exact) mass is 269 g/mol. The van der Waals surface area contributed by atoms with E-state index >= 15 is 0 Å². The zero-order valence-electron chi connectivity index (χ0n) is 10.3. The predicted octanol–water partition coefficient (Wildman–Crippen LogP) is 2.16. The van der Waals surface area contributed by atoms with Gasteiger partial charge in [-0.15, -0.1) is 0 Å². The Hall–Kier alpha value is -1.07. The molecule has 2 rings (SSSR count). The average Bonchev–Trinajstić information content (AvgIpc) is 2.31. The summed E-state index contributed by atoms with van der Waals surface area (Å²) in [7, 11) is -3.85. The van der Waals surface area contributed by atoms with Gasteiger partial charge in [0.25, 0.3) is 0 Å². The lowest BCUT2D eigenvalue weighted by Crippen LogP contribution is -2.14. The van der Waals surface area contributed by atoms with Crippen molar-refractivity contribution < 1.29 is 13.5 Å². The zero-order valence-corrected chi connectivity index (χ0v) is 11.1. The molecule has 0 aliphatic heterocycles. The second-order valence-corrected chi connectivity index (χ2v) is 6.59. The Morgan fingerprint density at radius 1 is 1.22 bits per heavy atom. The first-order valence-corrected chi connectivity index (χ1v) is 7.86. The standard InChI is InChI=1S/C13H19NO3S/c14-18(16,17)13-9-11(6-7-12(13)15)8-10-4-2-1-3-5-10/h6-7,9-10,15H,1-5,8H2,(H2,14,16,17). The molecule has 0 saturated heterocycles. The number of phenolic OH excluding ortho intramolecular Hbond substituents is 1. The Balaban J connectivity index is 2.19. The maximum atomic E-state index is 11.3. The van der Waals surface area contributed by atoms with Crippen molar-refractivity contribution in [1.82, 2.24) is 0 Å². The molecule has 3 N–H and O–H groups in total. The fourth-order valence-electron chi connectivity index (χ4n) is 2.64. The van der Waals surface area contributed by atoms with Crippen LogP contribution in [-0.4, -0.2) is 13.5 Å². The van der Waals surface area contributed by atoms with Gasteiger partial charge in [0.1, 0.15) is 10.6 Å². The maximum Gasteiger partial charge on any atom is 0.241 e. The number of rotatable bonds is 3. The van der Waals surface area contributed by atoms with E-state index in [1.54, 1.807) is 6.07 Å². The first kappa shape index (κ1) is 13.4. The van der Waals surface area contributed by atoms with Gasteiger partial charge in [-0.1, -0.05) is 38.2 Å². The number of sulfonamides is 1. The quantitative estimate of drug-likeness (QED) is 0.882. The highest BCUT2D eigenvalue weighted by Gasteiger charge is 2.17. The highest BCUT2D eigenvalue weighted by Crippen LogP contribution is 2.29. The second-order valence-electron chi connectivity index (χ2n) is 5.06. The van der Waals surface area contributed by atoms with Gasteiger partial charge >= 0.3 is 0 Å². The van der Waals surface area contributed by atoms with E-state index in [1.165, 1.54) is 44.2 Å². The van der Waals surface area contributed by atoms with Gasteiger partial charge in [0.2, 0.25) is 10.0 Å². The largest absolute Gasteiger partial charge is 0.507 e. The lowest BCUT2D eigenvalue weighted by molar-refractivity contribution is 0.356. The summed E-state index contributed by atoms with van der Waals surface area (Å²) in [5.74, 6) is 0.349. The number of nitrogens with two attached hydrogens (primary N) is 1. The van der Waals surface area contributed by atoms with Crippen LogP contribution >= 0.6 is 0 Å². The minimum atomic E-state index is -3.85. The zero-order chi connectivity index (χ0) is 13.2. The molecule has 1 aromatic rings. The van der Waals surface area contributed by atoms with E-state index in [0.717, 1.165) is 12.0 Å². The van der Waals surface area contributed by atoms with E-state index in [-0.39, 0.29) is 10.6 Å². The van der Waals surface area contributed by atoms with Crippen molar-refractivity contribution in [3.05, 3.63) is 23.8 Å². The van der Waals surface area contributed by atoms with E-state index in [2.05, 4.69) is 0 Å². The van der Waals surface area contributed by atoms with E-state index < -0.39 is 10.0 Å². The van der Waals surface area contributed by atoms with Crippen LogP contribution in [0.15, 0.2) is 23.1 Å². The van der Waals surface area contributed by atoms with E-state index in [1.807, 2.05) is 0 Å². The maximum absolute atomic E-state index is 11.3. The van der Waals surface area contributed by atoms with Crippen LogP contribution in [0.5, 0.6) is 5.75 Å². The summed E-state index contributed by atoms with van der Waals surface area (Å²) >= 11 is 0. The second kappa shape index (κ2) is 5.28. The summed E-state index contributed by atoms with van der Waals surface area (Å²) in [6.07, 6.45) is 7.07. The minimum Gasteiger partial charge on any atom is -0.507 e. The Morgan fingerprint density at radius 2 is 1.89 bits per heavy atom. The van der Waals surface area contributed by atoms with Crippen molar-refractivity contribution in [2.45, 2.75) is 43.4 Å². The molecule has 0 atom stereocenters. The molecule has 1 aromatic carbocycles. The number of primary sulfonamides is 1. The molecule has 0 aromatic heterocycles. The van der Waals surface area contributed by atoms with Crippen molar-refractivity contribution in [3.8, 4) is 5.75 Å². The van der Waals surface area contributed by atoms with Crippen LogP contribution in [0.3, 0.4) is 0 Å². The van der Waals surface area contributed by atoms with Crippen molar-refractivity contribution in [3.63, 3.8) is 0 Å². The number of phenols is 1. The summed E-state index contributed by atoms with van der Waals surface area (Å²) in [5, 5.41) is 14.6. The topological polar surface area (TPSA) is 80.4 Å². The molecule has 5 heteroatoms. The molecule has 0 unspecified atom stereocenters. The highest BCUT2D eigenvalue weighted by atomic mass is 32.2. The van der Waals surface area contributed by atoms with Crippen LogP contribution < -0.4 is 5.14 Å². The number of aromatic hydroxyl groups is 1. The SMILES string of the molecule is NS(=O)(=O)c1cc(CC2CCCCC2)ccc1O. The van der Waals surface area contributed by atoms with Crippen LogP contribution in [0.2, 0.25) is 0 Å². The summed E-state index contributed by atoms with van der Waals surface area (Å²) in [4.78, 5) is -0.171. The van der Waals surface area contributed by atoms with Gasteiger partial charge in [-0.05, 0) is 30.0 Å². The van der Waals surface area contributed by atoms with Gasteiger partial charge in [-0.25, -0.2) is 13.6 Å². The molecule has 1 aliphatic rings. The first-order chi connectivity index (χ1) is 8.47. The molecule has 0 amide bonds. The van der Waals surface area contributed by atoms with Crippen LogP contribution in [-0.2, 0) is 16.4 Å². The predicted molar refractivity (Wildman–Crippen MR) is 69.8 cm³/mol. The van der Waals surface area contributed by atoms with Gasteiger partial charge in [0.15, 0.2) is 0 Å². The van der Waals surface area contributed by atoms with Gasteiger partial charge in [0, 0.05) is 0 Å². The van der Waals surface area contributed by atoms with Crippen molar-refractivity contribution in [2.24, 2.45) is 11.1 Å². The van der Waals surface area contributed by atoms with Crippen molar-refractivity contribution in [2.75, 3.05) is 0 Å². The van der Waals surface area contributed by atoms with E-state index in [0.29, 0.717) is 5.92 Å². The molecule has 1 aliphatic carbocycles. The van der Waals surface area contributed by atoms with Crippen LogP contribution in [0.4, 0.5) is 0 Å². The molecule has 1 saturated carbocycles. The molecule has 1 fully saturated rings. The third kappa shape index (κ3) is 3.23. The molecule has 100 valence electrons. The molecular formula is C13H19NO3S. The lowest BCUT2D eigenvalue weighted by Gasteiger charge is -2.21. The third-order valence-corrected chi connectivity index (χ3v) is 4.52. The highest BCUT2D eigenvalue weighted by molar-refractivity contribution is 7.89. The molecule has 0 radical (unpaired) electrons. The molecule has 0 heterocycles. The molecule has 4 nitrogen and oxygen atoms in total. The van der Waals surface area contributed by atoms with Crippen LogP contribution in [0.1, 0.15) is 37.7 Å². The number of hydrogen-bond acceptors (Lipinski definition) is 3. The fourth-order valence-corrected chi connectivity index (χ4v) is 3.31. The molecule has 18 heavy (non-hydrogen) atoms.